The molecular weight excluding hydrogens is 462 g/mol. The Labute approximate surface area is 212 Å². The molecule has 1 aromatic rings. The Morgan fingerprint density at radius 3 is 2.33 bits per heavy atom. The monoisotopic (exact) mass is 499 g/mol. The van der Waals surface area contributed by atoms with Gasteiger partial charge < -0.3 is 29.7 Å². The van der Waals surface area contributed by atoms with Crippen molar-refractivity contribution in [2.75, 3.05) is 58.4 Å². The Bertz CT molecular complexity index is 989. The zero-order chi connectivity index (χ0) is 26.0. The number of morpholine rings is 1. The van der Waals surface area contributed by atoms with Gasteiger partial charge in [-0.2, -0.15) is 0 Å². The highest BCUT2D eigenvalue weighted by molar-refractivity contribution is 6.00. The smallest absolute Gasteiger partial charge is 0.320 e. The number of Topliss-reactive ketones (excluding diaryl/α,β-unsaturated/α-hetero) is 1. The quantitative estimate of drug-likeness (QED) is 0.631. The van der Waals surface area contributed by atoms with Crippen molar-refractivity contribution in [2.24, 2.45) is 5.92 Å². The third-order valence-electron chi connectivity index (χ3n) is 7.19. The number of urea groups is 1. The van der Waals surface area contributed by atoms with Crippen LogP contribution in [0, 0.1) is 5.92 Å². The number of benzene rings is 1. The third kappa shape index (κ3) is 5.33. The van der Waals surface area contributed by atoms with Crippen molar-refractivity contribution in [3.63, 3.8) is 0 Å². The number of fused-ring (bicyclic) bond motifs is 1. The Balaban J connectivity index is 1.46. The Morgan fingerprint density at radius 1 is 1.06 bits per heavy atom. The average Bonchev–Trinajstić information content (AvgIpc) is 3.44. The first-order valence-electron chi connectivity index (χ1n) is 12.7. The zero-order valence-corrected chi connectivity index (χ0v) is 21.6. The molecule has 0 bridgehead atoms. The zero-order valence-electron chi connectivity index (χ0n) is 21.6. The minimum absolute atomic E-state index is 0.00866. The van der Waals surface area contributed by atoms with Crippen LogP contribution in [-0.4, -0.2) is 110 Å². The van der Waals surface area contributed by atoms with Crippen LogP contribution in [0.2, 0.25) is 0 Å². The highest BCUT2D eigenvalue weighted by Gasteiger charge is 2.53. The first-order valence-corrected chi connectivity index (χ1v) is 12.7. The van der Waals surface area contributed by atoms with Crippen LogP contribution in [0.1, 0.15) is 37.0 Å². The van der Waals surface area contributed by atoms with E-state index >= 15 is 0 Å². The molecule has 3 saturated heterocycles. The van der Waals surface area contributed by atoms with E-state index in [1.807, 2.05) is 45.0 Å². The summed E-state index contributed by atoms with van der Waals surface area (Å²) in [4.78, 5) is 59.7. The number of nitrogens with one attached hydrogen (secondary N) is 1. The predicted molar refractivity (Wildman–Crippen MR) is 135 cm³/mol. The summed E-state index contributed by atoms with van der Waals surface area (Å²) in [6.07, 6.45) is 1.01. The van der Waals surface area contributed by atoms with Gasteiger partial charge in [-0.05, 0) is 43.0 Å². The van der Waals surface area contributed by atoms with Crippen molar-refractivity contribution in [1.29, 1.82) is 0 Å². The number of amides is 4. The highest BCUT2D eigenvalue weighted by atomic mass is 16.5. The number of ether oxygens (including phenoxy) is 1. The van der Waals surface area contributed by atoms with E-state index in [1.165, 1.54) is 0 Å². The summed E-state index contributed by atoms with van der Waals surface area (Å²) in [5.41, 5.74) is 1.45. The first-order chi connectivity index (χ1) is 17.2. The molecule has 3 atom stereocenters. The summed E-state index contributed by atoms with van der Waals surface area (Å²) in [6, 6.07) is 5.29. The van der Waals surface area contributed by atoms with E-state index in [0.717, 1.165) is 5.69 Å². The number of carbonyl (C=O) groups excluding carboxylic acids is 4. The van der Waals surface area contributed by atoms with Gasteiger partial charge in [0.05, 0.1) is 25.8 Å². The molecule has 4 rings (SSSR count). The van der Waals surface area contributed by atoms with Crippen molar-refractivity contribution < 1.29 is 23.9 Å². The molecule has 3 unspecified atom stereocenters. The second-order valence-corrected chi connectivity index (χ2v) is 10.4. The van der Waals surface area contributed by atoms with E-state index in [-0.39, 0.29) is 42.1 Å². The van der Waals surface area contributed by atoms with E-state index in [0.29, 0.717) is 51.3 Å². The number of carbonyl (C=O) groups is 4. The van der Waals surface area contributed by atoms with Gasteiger partial charge in [0.2, 0.25) is 5.91 Å². The van der Waals surface area contributed by atoms with E-state index in [4.69, 9.17) is 4.74 Å². The maximum atomic E-state index is 13.7. The van der Waals surface area contributed by atoms with Gasteiger partial charge >= 0.3 is 6.03 Å². The van der Waals surface area contributed by atoms with Crippen molar-refractivity contribution >= 4 is 29.3 Å². The van der Waals surface area contributed by atoms with Crippen LogP contribution in [0.25, 0.3) is 0 Å². The maximum Gasteiger partial charge on any atom is 0.320 e. The van der Waals surface area contributed by atoms with Gasteiger partial charge in [-0.1, -0.05) is 13.8 Å². The van der Waals surface area contributed by atoms with Crippen molar-refractivity contribution in [1.82, 2.24) is 20.0 Å². The van der Waals surface area contributed by atoms with Gasteiger partial charge in [-0.15, -0.1) is 0 Å². The Kier molecular flexibility index (Phi) is 7.82. The van der Waals surface area contributed by atoms with Crippen molar-refractivity contribution in [3.05, 3.63) is 29.8 Å². The average molecular weight is 500 g/mol. The van der Waals surface area contributed by atoms with E-state index in [2.05, 4.69) is 5.32 Å². The molecule has 10 heteroatoms. The largest absolute Gasteiger partial charge is 0.378 e. The molecule has 0 saturated carbocycles. The molecule has 10 nitrogen and oxygen atoms in total. The molecule has 0 aliphatic carbocycles. The first kappa shape index (κ1) is 25.9. The van der Waals surface area contributed by atoms with E-state index < -0.39 is 12.1 Å². The maximum absolute atomic E-state index is 13.7. The molecule has 0 aromatic heterocycles. The second-order valence-electron chi connectivity index (χ2n) is 10.4. The van der Waals surface area contributed by atoms with Crippen molar-refractivity contribution in [3.8, 4) is 0 Å². The van der Waals surface area contributed by atoms with Crippen LogP contribution in [0.5, 0.6) is 0 Å². The van der Waals surface area contributed by atoms with Crippen LogP contribution < -0.4 is 10.2 Å². The summed E-state index contributed by atoms with van der Waals surface area (Å²) >= 11 is 0. The number of likely N-dealkylation sites (tertiary alicyclic amines) is 2. The van der Waals surface area contributed by atoms with Gasteiger partial charge in [0, 0.05) is 45.0 Å². The lowest BCUT2D eigenvalue weighted by molar-refractivity contribution is -0.138. The lowest BCUT2D eigenvalue weighted by atomic mass is 10.0. The van der Waals surface area contributed by atoms with Crippen LogP contribution in [0.3, 0.4) is 0 Å². The van der Waals surface area contributed by atoms with Gasteiger partial charge in [0.15, 0.2) is 5.78 Å². The van der Waals surface area contributed by atoms with Gasteiger partial charge in [-0.3, -0.25) is 14.4 Å². The minimum atomic E-state index is -0.749. The summed E-state index contributed by atoms with van der Waals surface area (Å²) in [6.45, 7) is 6.36. The van der Waals surface area contributed by atoms with Crippen molar-refractivity contribution in [2.45, 2.75) is 44.8 Å². The number of anilines is 1. The van der Waals surface area contributed by atoms with E-state index in [9.17, 15) is 19.2 Å². The topological polar surface area (TPSA) is 102 Å². The fraction of sp³-hybridized carbons (Fsp3) is 0.615. The Hall–Kier alpha value is -3.14. The lowest BCUT2D eigenvalue weighted by Gasteiger charge is -2.33. The lowest BCUT2D eigenvalue weighted by Crippen LogP contribution is -2.53. The summed E-state index contributed by atoms with van der Waals surface area (Å²) in [5.74, 6) is -0.547. The molecule has 36 heavy (non-hydrogen) atoms. The molecule has 0 radical (unpaired) electrons. The molecule has 1 aromatic carbocycles. The summed E-state index contributed by atoms with van der Waals surface area (Å²) in [5, 5.41) is 2.91. The molecule has 3 heterocycles. The number of ketones is 1. The molecule has 1 N–H and O–H groups in total. The van der Waals surface area contributed by atoms with Gasteiger partial charge in [0.25, 0.3) is 5.91 Å². The number of hydrogen-bond donors (Lipinski definition) is 1. The van der Waals surface area contributed by atoms with Crippen LogP contribution >= 0.6 is 0 Å². The molecule has 4 amide bonds. The SMILES string of the molecule is CC(C)CC(NC(=O)c1ccc(N(C)C)cc1)C(=O)N1CCC2C1C(=O)CN2C(=O)N1CCOCC1. The molecule has 0 spiro atoms. The molecule has 3 aliphatic heterocycles. The fourth-order valence-corrected chi connectivity index (χ4v) is 5.31. The van der Waals surface area contributed by atoms with Crippen LogP contribution in [0.4, 0.5) is 10.5 Å². The second kappa shape index (κ2) is 10.9. The normalized spacial score (nSPS) is 22.6. The molecule has 196 valence electrons. The standard InChI is InChI=1S/C26H37N5O5/c1-17(2)15-20(27-24(33)18-5-7-19(8-6-18)28(3)4)25(34)30-10-9-21-23(30)22(32)16-31(21)26(35)29-11-13-36-14-12-29/h5-8,17,20-21,23H,9-16H2,1-4H3,(H,27,33). The van der Waals surface area contributed by atoms with E-state index in [1.54, 1.807) is 26.8 Å². The molecule has 3 aliphatic rings. The Morgan fingerprint density at radius 2 is 1.72 bits per heavy atom. The third-order valence-corrected chi connectivity index (χ3v) is 7.19. The predicted octanol–water partition coefficient (Wildman–Crippen LogP) is 1.20. The summed E-state index contributed by atoms with van der Waals surface area (Å²) < 4.78 is 5.34. The number of hydrogen-bond acceptors (Lipinski definition) is 6. The number of nitrogens with zero attached hydrogens (tertiary/aromatic N) is 4. The fourth-order valence-electron chi connectivity index (χ4n) is 5.31. The van der Waals surface area contributed by atoms with Gasteiger partial charge in [-0.25, -0.2) is 4.79 Å². The highest BCUT2D eigenvalue weighted by Crippen LogP contribution is 2.31. The summed E-state index contributed by atoms with van der Waals surface area (Å²) in [7, 11) is 3.85. The molecular formula is C26H37N5O5. The molecule has 3 fully saturated rings. The van der Waals surface area contributed by atoms with Crippen LogP contribution in [-0.2, 0) is 14.3 Å². The minimum Gasteiger partial charge on any atom is -0.378 e. The number of rotatable bonds is 6. The van der Waals surface area contributed by atoms with Gasteiger partial charge in [0.1, 0.15) is 12.1 Å². The van der Waals surface area contributed by atoms with Crippen LogP contribution in [0.15, 0.2) is 24.3 Å².